The molecule has 2 rings (SSSR count). The zero-order chi connectivity index (χ0) is 15.8. The molecule has 1 saturated heterocycles. The maximum Gasteiger partial charge on any atom is 0.182 e. The Labute approximate surface area is 126 Å². The number of nitrogens with zero attached hydrogens (tertiary/aromatic N) is 4. The van der Waals surface area contributed by atoms with E-state index >= 15 is 0 Å². The molecule has 0 saturated carbocycles. The summed E-state index contributed by atoms with van der Waals surface area (Å²) in [6, 6.07) is 0.0242. The van der Waals surface area contributed by atoms with E-state index in [9.17, 15) is 8.42 Å². The van der Waals surface area contributed by atoms with Crippen molar-refractivity contribution in [3.63, 3.8) is 0 Å². The normalized spacial score (nSPS) is 17.7. The Bertz CT molecular complexity index is 600. The lowest BCUT2D eigenvalue weighted by Gasteiger charge is -2.34. The van der Waals surface area contributed by atoms with Crippen molar-refractivity contribution in [1.29, 1.82) is 0 Å². The number of sulfone groups is 1. The molecule has 7 nitrogen and oxygen atoms in total. The summed E-state index contributed by atoms with van der Waals surface area (Å²) in [4.78, 5) is 4.53. The first-order valence-corrected chi connectivity index (χ1v) is 9.20. The molecule has 0 unspecified atom stereocenters. The van der Waals surface area contributed by atoms with Crippen molar-refractivity contribution >= 4 is 21.5 Å². The predicted octanol–water partition coefficient (Wildman–Crippen LogP) is 0.592. The van der Waals surface area contributed by atoms with Crippen LogP contribution < -0.4 is 10.6 Å². The quantitative estimate of drug-likeness (QED) is 0.875. The van der Waals surface area contributed by atoms with E-state index in [1.165, 1.54) is 6.26 Å². The average molecular weight is 315 g/mol. The minimum absolute atomic E-state index is 0.0242. The van der Waals surface area contributed by atoms with E-state index in [2.05, 4.69) is 16.9 Å². The summed E-state index contributed by atoms with van der Waals surface area (Å²) >= 11 is 0. The van der Waals surface area contributed by atoms with E-state index in [1.807, 2.05) is 18.7 Å². The third kappa shape index (κ3) is 3.16. The minimum atomic E-state index is -3.41. The van der Waals surface area contributed by atoms with Gasteiger partial charge in [-0.15, -0.1) is 0 Å². The summed E-state index contributed by atoms with van der Waals surface area (Å²) < 4.78 is 25.8. The Balaban J connectivity index is 2.41. The second-order valence-electron chi connectivity index (χ2n) is 5.77. The average Bonchev–Trinajstić information content (AvgIpc) is 2.76. The molecule has 2 N–H and O–H groups in total. The monoisotopic (exact) mass is 315 g/mol. The van der Waals surface area contributed by atoms with Crippen LogP contribution in [0.2, 0.25) is 0 Å². The smallest absolute Gasteiger partial charge is 0.182 e. The van der Waals surface area contributed by atoms with Crippen molar-refractivity contribution in [2.75, 3.05) is 49.6 Å². The Kier molecular flexibility index (Phi) is 4.48. The Morgan fingerprint density at radius 3 is 2.24 bits per heavy atom. The van der Waals surface area contributed by atoms with E-state index < -0.39 is 9.84 Å². The van der Waals surface area contributed by atoms with Crippen LogP contribution in [-0.4, -0.2) is 62.1 Å². The second kappa shape index (κ2) is 5.84. The molecule has 1 aliphatic rings. The van der Waals surface area contributed by atoms with Crippen LogP contribution in [0.25, 0.3) is 0 Å². The van der Waals surface area contributed by atoms with Gasteiger partial charge in [-0.05, 0) is 20.4 Å². The van der Waals surface area contributed by atoms with Crippen LogP contribution in [0.1, 0.15) is 26.8 Å². The van der Waals surface area contributed by atoms with Crippen LogP contribution in [0.15, 0.2) is 4.90 Å². The number of piperazine rings is 1. The number of rotatable bonds is 4. The first kappa shape index (κ1) is 16.1. The van der Waals surface area contributed by atoms with Crippen LogP contribution in [0.5, 0.6) is 0 Å². The number of hydrogen-bond donors (Lipinski definition) is 1. The van der Waals surface area contributed by atoms with Gasteiger partial charge >= 0.3 is 0 Å². The van der Waals surface area contributed by atoms with Gasteiger partial charge in [0.25, 0.3) is 0 Å². The molecule has 0 amide bonds. The summed E-state index contributed by atoms with van der Waals surface area (Å²) in [5.41, 5.74) is 6.04. The number of nitrogen functional groups attached to an aromatic ring is 1. The fourth-order valence-electron chi connectivity index (χ4n) is 2.65. The highest BCUT2D eigenvalue weighted by atomic mass is 32.2. The molecule has 0 aromatic carbocycles. The molecular weight excluding hydrogens is 290 g/mol. The highest BCUT2D eigenvalue weighted by Gasteiger charge is 2.30. The minimum Gasteiger partial charge on any atom is -0.383 e. The Morgan fingerprint density at radius 1 is 1.24 bits per heavy atom. The largest absolute Gasteiger partial charge is 0.383 e. The molecule has 0 atom stereocenters. The van der Waals surface area contributed by atoms with Gasteiger partial charge in [0.2, 0.25) is 0 Å². The molecule has 0 bridgehead atoms. The summed E-state index contributed by atoms with van der Waals surface area (Å²) in [6.07, 6.45) is 1.19. The molecule has 1 aromatic rings. The molecule has 8 heteroatoms. The van der Waals surface area contributed by atoms with Crippen LogP contribution in [0.3, 0.4) is 0 Å². The fourth-order valence-corrected chi connectivity index (χ4v) is 3.63. The maximum absolute atomic E-state index is 12.1. The van der Waals surface area contributed by atoms with Crippen LogP contribution in [-0.2, 0) is 9.84 Å². The van der Waals surface area contributed by atoms with Crippen LogP contribution >= 0.6 is 0 Å². The fraction of sp³-hybridized carbons (Fsp3) is 0.769. The lowest BCUT2D eigenvalue weighted by Crippen LogP contribution is -2.46. The maximum atomic E-state index is 12.1. The first-order valence-electron chi connectivity index (χ1n) is 7.31. The second-order valence-corrected chi connectivity index (χ2v) is 7.72. The van der Waals surface area contributed by atoms with Crippen LogP contribution in [0, 0.1) is 0 Å². The molecule has 1 fully saturated rings. The van der Waals surface area contributed by atoms with Crippen molar-refractivity contribution in [1.82, 2.24) is 14.7 Å². The van der Waals surface area contributed by atoms with Gasteiger partial charge in [-0.1, -0.05) is 6.92 Å². The molecule has 2 heterocycles. The lowest BCUT2D eigenvalue weighted by atomic mass is 10.3. The van der Waals surface area contributed by atoms with E-state index in [-0.39, 0.29) is 16.8 Å². The van der Waals surface area contributed by atoms with Gasteiger partial charge in [0.05, 0.1) is 0 Å². The lowest BCUT2D eigenvalue weighted by molar-refractivity contribution is 0.270. The zero-order valence-electron chi connectivity index (χ0n) is 13.2. The van der Waals surface area contributed by atoms with Gasteiger partial charge in [0, 0.05) is 38.5 Å². The third-order valence-corrected chi connectivity index (χ3v) is 5.00. The highest BCUT2D eigenvalue weighted by Crippen LogP contribution is 2.32. The van der Waals surface area contributed by atoms with E-state index in [0.717, 1.165) is 32.7 Å². The molecule has 1 aliphatic heterocycles. The summed E-state index contributed by atoms with van der Waals surface area (Å²) in [5.74, 6) is 0.736. The Hall–Kier alpha value is -1.28. The van der Waals surface area contributed by atoms with Crippen molar-refractivity contribution in [2.24, 2.45) is 0 Å². The number of aromatic nitrogens is 2. The summed E-state index contributed by atoms with van der Waals surface area (Å²) in [6.45, 7) is 10.4. The van der Waals surface area contributed by atoms with Crippen LogP contribution in [0.4, 0.5) is 11.6 Å². The Morgan fingerprint density at radius 2 is 1.81 bits per heavy atom. The van der Waals surface area contributed by atoms with Crippen molar-refractivity contribution in [3.05, 3.63) is 0 Å². The van der Waals surface area contributed by atoms with Gasteiger partial charge in [-0.25, -0.2) is 13.1 Å². The summed E-state index contributed by atoms with van der Waals surface area (Å²) in [5, 5.41) is 4.47. The molecule has 0 radical (unpaired) electrons. The first-order chi connectivity index (χ1) is 9.75. The number of anilines is 2. The van der Waals surface area contributed by atoms with Crippen molar-refractivity contribution in [2.45, 2.75) is 31.7 Å². The molecule has 0 spiro atoms. The predicted molar refractivity (Wildman–Crippen MR) is 84.5 cm³/mol. The van der Waals surface area contributed by atoms with Crippen molar-refractivity contribution in [3.8, 4) is 0 Å². The van der Waals surface area contributed by atoms with Crippen molar-refractivity contribution < 1.29 is 8.42 Å². The SMILES string of the molecule is CCN1CCN(c2nn(C(C)C)c(N)c2S(C)(=O)=O)CC1. The van der Waals surface area contributed by atoms with Gasteiger partial charge < -0.3 is 15.5 Å². The molecule has 21 heavy (non-hydrogen) atoms. The third-order valence-electron chi connectivity index (χ3n) is 3.86. The van der Waals surface area contributed by atoms with Gasteiger partial charge in [0.15, 0.2) is 20.6 Å². The molecule has 1 aromatic heterocycles. The van der Waals surface area contributed by atoms with E-state index in [0.29, 0.717) is 5.82 Å². The highest BCUT2D eigenvalue weighted by molar-refractivity contribution is 7.91. The standard InChI is InChI=1S/C13H25N5O2S/c1-5-16-6-8-17(9-7-16)13-11(21(4,19)20)12(14)18(15-13)10(2)3/h10H,5-9,14H2,1-4H3. The number of nitrogens with two attached hydrogens (primary N) is 1. The van der Waals surface area contributed by atoms with E-state index in [1.54, 1.807) is 4.68 Å². The van der Waals surface area contributed by atoms with Gasteiger partial charge in [0.1, 0.15) is 5.82 Å². The molecule has 120 valence electrons. The molecular formula is C13H25N5O2S. The number of hydrogen-bond acceptors (Lipinski definition) is 6. The molecule has 0 aliphatic carbocycles. The van der Waals surface area contributed by atoms with Gasteiger partial charge in [-0.2, -0.15) is 5.10 Å². The topological polar surface area (TPSA) is 84.5 Å². The van der Waals surface area contributed by atoms with E-state index in [4.69, 9.17) is 5.73 Å². The van der Waals surface area contributed by atoms with Gasteiger partial charge in [-0.3, -0.25) is 0 Å². The summed E-state index contributed by atoms with van der Waals surface area (Å²) in [7, 11) is -3.41. The zero-order valence-corrected chi connectivity index (χ0v) is 14.0. The number of likely N-dealkylation sites (N-methyl/N-ethyl adjacent to an activating group) is 1.